The van der Waals surface area contributed by atoms with Crippen molar-refractivity contribution in [3.63, 3.8) is 0 Å². The Hall–Kier alpha value is -3.04. The van der Waals surface area contributed by atoms with Gasteiger partial charge >= 0.3 is 5.97 Å². The Labute approximate surface area is 143 Å². The van der Waals surface area contributed by atoms with Crippen molar-refractivity contribution in [2.45, 2.75) is 39.3 Å². The number of nitrogens with two attached hydrogens (primary N) is 1. The van der Waals surface area contributed by atoms with Crippen molar-refractivity contribution in [3.05, 3.63) is 17.3 Å². The second-order valence-corrected chi connectivity index (χ2v) is 6.30. The van der Waals surface area contributed by atoms with Crippen molar-refractivity contribution < 1.29 is 23.4 Å². The molecule has 1 saturated heterocycles. The molecule has 3 aliphatic heterocycles. The summed E-state index contributed by atoms with van der Waals surface area (Å²) in [6.07, 6.45) is 1.27. The van der Waals surface area contributed by atoms with Gasteiger partial charge in [0.1, 0.15) is 12.0 Å². The number of hydrogen-bond acceptors (Lipinski definition) is 10. The minimum atomic E-state index is -0.840. The molecule has 0 aliphatic carbocycles. The highest BCUT2D eigenvalue weighted by atomic mass is 16.7. The number of carbonyl (C=O) groups excluding carboxylic acids is 1. The Balaban J connectivity index is 1.70. The first kappa shape index (κ1) is 15.5. The molecule has 3 aliphatic rings. The summed E-state index contributed by atoms with van der Waals surface area (Å²) in [6.45, 7) is 5.32. The summed E-state index contributed by atoms with van der Waals surface area (Å²) >= 11 is 0. The van der Waals surface area contributed by atoms with Gasteiger partial charge in [-0.3, -0.25) is 9.69 Å². The average Bonchev–Trinajstić information content (AvgIpc) is 3.17. The van der Waals surface area contributed by atoms with E-state index in [1.54, 1.807) is 13.8 Å². The van der Waals surface area contributed by atoms with E-state index in [1.165, 1.54) is 13.3 Å². The van der Waals surface area contributed by atoms with E-state index in [4.69, 9.17) is 24.4 Å². The second-order valence-electron chi connectivity index (χ2n) is 6.30. The minimum Gasteiger partial charge on any atom is -0.458 e. The summed E-state index contributed by atoms with van der Waals surface area (Å²) in [5.74, 6) is 0.927. The Bertz CT molecular complexity index is 796. The molecule has 4 heterocycles. The molecule has 0 saturated carbocycles. The SMILES string of the molecule is CC(=O)OCc1oc(N2CNC3=C(N)N=CN[C@@H]32)c2c1OC(C)(C)O2. The molecule has 1 aromatic heterocycles. The van der Waals surface area contributed by atoms with Gasteiger partial charge in [-0.25, -0.2) is 4.99 Å². The Kier molecular flexibility index (Phi) is 3.24. The molecule has 0 bridgehead atoms. The molecule has 1 fully saturated rings. The van der Waals surface area contributed by atoms with Gasteiger partial charge in [0.15, 0.2) is 12.4 Å². The number of furan rings is 1. The van der Waals surface area contributed by atoms with E-state index in [0.717, 1.165) is 5.70 Å². The van der Waals surface area contributed by atoms with Crippen molar-refractivity contribution in [3.8, 4) is 11.5 Å². The molecular weight excluding hydrogens is 330 g/mol. The fourth-order valence-corrected chi connectivity index (χ4v) is 2.94. The average molecular weight is 349 g/mol. The van der Waals surface area contributed by atoms with Gasteiger partial charge < -0.3 is 35.0 Å². The summed E-state index contributed by atoms with van der Waals surface area (Å²) in [5, 5.41) is 6.31. The smallest absolute Gasteiger partial charge is 0.303 e. The molecule has 1 atom stereocenters. The number of hydrogen-bond donors (Lipinski definition) is 3. The van der Waals surface area contributed by atoms with Crippen LogP contribution in [0.3, 0.4) is 0 Å². The lowest BCUT2D eigenvalue weighted by Crippen LogP contribution is -2.44. The number of nitrogens with zero attached hydrogens (tertiary/aromatic N) is 2. The van der Waals surface area contributed by atoms with Crippen molar-refractivity contribution in [2.24, 2.45) is 10.7 Å². The molecule has 1 aromatic rings. The van der Waals surface area contributed by atoms with E-state index in [2.05, 4.69) is 15.6 Å². The highest BCUT2D eigenvalue weighted by Crippen LogP contribution is 2.52. The molecule has 134 valence electrons. The van der Waals surface area contributed by atoms with E-state index < -0.39 is 11.8 Å². The predicted octanol–water partition coefficient (Wildman–Crippen LogP) is 0.303. The number of aliphatic imine (C=N–C) groups is 1. The molecule has 25 heavy (non-hydrogen) atoms. The minimum absolute atomic E-state index is 0.0389. The van der Waals surface area contributed by atoms with Gasteiger partial charge in [0.05, 0.1) is 18.7 Å². The zero-order valence-electron chi connectivity index (χ0n) is 14.1. The van der Waals surface area contributed by atoms with Gasteiger partial charge in [-0.2, -0.15) is 0 Å². The monoisotopic (exact) mass is 349 g/mol. The maximum absolute atomic E-state index is 11.1. The molecule has 4 N–H and O–H groups in total. The van der Waals surface area contributed by atoms with Crippen LogP contribution in [-0.4, -0.2) is 30.9 Å². The topological polar surface area (TPSA) is 124 Å². The third kappa shape index (κ3) is 2.49. The van der Waals surface area contributed by atoms with Crippen molar-refractivity contribution >= 4 is 18.2 Å². The molecule has 0 amide bonds. The lowest BCUT2D eigenvalue weighted by molar-refractivity contribution is -0.142. The van der Waals surface area contributed by atoms with Crippen LogP contribution >= 0.6 is 0 Å². The zero-order chi connectivity index (χ0) is 17.8. The first-order valence-corrected chi connectivity index (χ1v) is 7.81. The molecule has 4 rings (SSSR count). The largest absolute Gasteiger partial charge is 0.458 e. The van der Waals surface area contributed by atoms with E-state index in [9.17, 15) is 4.79 Å². The van der Waals surface area contributed by atoms with Crippen molar-refractivity contribution in [1.82, 2.24) is 10.6 Å². The Morgan fingerprint density at radius 2 is 2.24 bits per heavy atom. The summed E-state index contributed by atoms with van der Waals surface area (Å²) in [7, 11) is 0. The number of nitrogens with one attached hydrogen (secondary N) is 2. The van der Waals surface area contributed by atoms with Gasteiger partial charge in [-0.1, -0.05) is 0 Å². The molecular formula is C15H19N5O5. The standard InChI is InChI=1S/C15H19N5O5/c1-7(21)22-4-8-10-11(25-15(2,3)24-10)14(23-8)20-6-19-9-12(16)17-5-18-13(9)20/h5,13,19H,4,6,16H2,1-3H3,(H,17,18)/t13-/m1/s1. The number of rotatable bonds is 3. The third-order valence-corrected chi connectivity index (χ3v) is 3.97. The predicted molar refractivity (Wildman–Crippen MR) is 86.6 cm³/mol. The number of esters is 1. The van der Waals surface area contributed by atoms with Gasteiger partial charge in [0, 0.05) is 20.8 Å². The zero-order valence-corrected chi connectivity index (χ0v) is 14.1. The van der Waals surface area contributed by atoms with Gasteiger partial charge in [-0.15, -0.1) is 0 Å². The first-order valence-electron chi connectivity index (χ1n) is 7.81. The normalized spacial score (nSPS) is 22.5. The lowest BCUT2D eigenvalue weighted by Gasteiger charge is -2.26. The summed E-state index contributed by atoms with van der Waals surface area (Å²) in [6, 6.07) is 0. The van der Waals surface area contributed by atoms with Crippen molar-refractivity contribution in [1.29, 1.82) is 0 Å². The maximum Gasteiger partial charge on any atom is 0.303 e. The lowest BCUT2D eigenvalue weighted by atomic mass is 10.3. The molecule has 0 aromatic carbocycles. The van der Waals surface area contributed by atoms with Crippen LogP contribution in [-0.2, 0) is 16.1 Å². The summed E-state index contributed by atoms with van der Waals surface area (Å²) in [5.41, 5.74) is 6.67. The number of ether oxygens (including phenoxy) is 3. The van der Waals surface area contributed by atoms with Crippen LogP contribution in [0, 0.1) is 0 Å². The molecule has 0 radical (unpaired) electrons. The third-order valence-electron chi connectivity index (χ3n) is 3.97. The van der Waals surface area contributed by atoms with E-state index in [-0.39, 0.29) is 12.8 Å². The number of carbonyl (C=O) groups is 1. The molecule has 0 unspecified atom stereocenters. The van der Waals surface area contributed by atoms with Crippen LogP contribution in [0.15, 0.2) is 20.9 Å². The van der Waals surface area contributed by atoms with Gasteiger partial charge in [0.25, 0.3) is 0 Å². The Morgan fingerprint density at radius 1 is 1.48 bits per heavy atom. The number of fused-ring (bicyclic) bond motifs is 2. The molecule has 0 spiro atoms. The quantitative estimate of drug-likeness (QED) is 0.661. The second kappa shape index (κ2) is 5.23. The number of anilines is 1. The van der Waals surface area contributed by atoms with Crippen LogP contribution in [0.4, 0.5) is 5.88 Å². The highest BCUT2D eigenvalue weighted by molar-refractivity contribution is 5.69. The first-order chi connectivity index (χ1) is 11.9. The van der Waals surface area contributed by atoms with Crippen LogP contribution in [0.2, 0.25) is 0 Å². The summed E-state index contributed by atoms with van der Waals surface area (Å²) in [4.78, 5) is 17.1. The fourth-order valence-electron chi connectivity index (χ4n) is 2.94. The van der Waals surface area contributed by atoms with Crippen LogP contribution in [0.1, 0.15) is 26.5 Å². The Morgan fingerprint density at radius 3 is 3.00 bits per heavy atom. The van der Waals surface area contributed by atoms with Crippen molar-refractivity contribution in [2.75, 3.05) is 11.6 Å². The molecule has 10 heteroatoms. The van der Waals surface area contributed by atoms with Crippen LogP contribution < -0.4 is 30.7 Å². The van der Waals surface area contributed by atoms with E-state index in [0.29, 0.717) is 35.6 Å². The van der Waals surface area contributed by atoms with Gasteiger partial charge in [0.2, 0.25) is 23.2 Å². The maximum atomic E-state index is 11.1. The fraction of sp³-hybridized carbons (Fsp3) is 0.467. The summed E-state index contributed by atoms with van der Waals surface area (Å²) < 4.78 is 22.7. The van der Waals surface area contributed by atoms with E-state index in [1.807, 2.05) is 4.90 Å². The molecule has 10 nitrogen and oxygen atoms in total. The van der Waals surface area contributed by atoms with Crippen LogP contribution in [0.25, 0.3) is 0 Å². The van der Waals surface area contributed by atoms with Gasteiger partial charge in [-0.05, 0) is 0 Å². The highest BCUT2D eigenvalue weighted by Gasteiger charge is 2.44. The van der Waals surface area contributed by atoms with Crippen LogP contribution in [0.5, 0.6) is 11.5 Å². The van der Waals surface area contributed by atoms with E-state index >= 15 is 0 Å².